The summed E-state index contributed by atoms with van der Waals surface area (Å²) in [5, 5.41) is 9.01. The molecule has 0 aliphatic carbocycles. The molecular weight excluding hydrogens is 280 g/mol. The molecular formula is C15H18N6O. The molecule has 0 unspecified atom stereocenters. The van der Waals surface area contributed by atoms with Crippen LogP contribution in [0.4, 0.5) is 5.82 Å². The van der Waals surface area contributed by atoms with Crippen molar-refractivity contribution in [2.45, 2.75) is 32.4 Å². The largest absolute Gasteiger partial charge is 0.380 e. The van der Waals surface area contributed by atoms with Crippen LogP contribution < -0.4 is 4.90 Å². The summed E-state index contributed by atoms with van der Waals surface area (Å²) in [6.07, 6.45) is 4.06. The number of nitrogens with zero attached hydrogens (tertiary/aromatic N) is 5. The van der Waals surface area contributed by atoms with Crippen molar-refractivity contribution in [3.63, 3.8) is 0 Å². The van der Waals surface area contributed by atoms with Gasteiger partial charge in [0.25, 0.3) is 0 Å². The Hall–Kier alpha value is -2.46. The number of methoxy groups -OCH3 is 1. The molecule has 3 heterocycles. The summed E-state index contributed by atoms with van der Waals surface area (Å²) in [5.74, 6) is 1.58. The van der Waals surface area contributed by atoms with Crippen molar-refractivity contribution in [3.8, 4) is 6.07 Å². The summed E-state index contributed by atoms with van der Waals surface area (Å²) in [4.78, 5) is 18.5. The second kappa shape index (κ2) is 5.73. The lowest BCUT2D eigenvalue weighted by Crippen LogP contribution is -2.26. The van der Waals surface area contributed by atoms with Gasteiger partial charge in [0.15, 0.2) is 5.69 Å². The van der Waals surface area contributed by atoms with Crippen LogP contribution in [0, 0.1) is 25.2 Å². The van der Waals surface area contributed by atoms with Crippen molar-refractivity contribution >= 4 is 5.82 Å². The van der Waals surface area contributed by atoms with Gasteiger partial charge in [-0.3, -0.25) is 4.98 Å². The summed E-state index contributed by atoms with van der Waals surface area (Å²) in [6.45, 7) is 4.69. The van der Waals surface area contributed by atoms with Gasteiger partial charge in [-0.15, -0.1) is 0 Å². The van der Waals surface area contributed by atoms with E-state index in [0.29, 0.717) is 18.1 Å². The van der Waals surface area contributed by atoms with Crippen LogP contribution in [-0.4, -0.2) is 39.7 Å². The smallest absolute Gasteiger partial charge is 0.161 e. The van der Waals surface area contributed by atoms with Gasteiger partial charge in [-0.1, -0.05) is 0 Å². The number of aromatic amines is 1. The van der Waals surface area contributed by atoms with E-state index in [2.05, 4.69) is 24.8 Å². The standard InChI is InChI=1S/C15H18N6O/c1-9-10(2)19-15(18-9)13-4-12(22-3)8-21(13)14-7-17-6-11(5-16)20-14/h6-7,12-13H,4,8H2,1-3H3,(H,18,19)/t12-,13+/m1/s1. The van der Waals surface area contributed by atoms with Gasteiger partial charge in [-0.2, -0.15) is 5.26 Å². The second-order valence-corrected chi connectivity index (χ2v) is 5.47. The van der Waals surface area contributed by atoms with E-state index in [1.807, 2.05) is 19.9 Å². The summed E-state index contributed by atoms with van der Waals surface area (Å²) in [7, 11) is 1.71. The number of nitriles is 1. The number of anilines is 1. The third kappa shape index (κ3) is 2.53. The van der Waals surface area contributed by atoms with Gasteiger partial charge in [0.2, 0.25) is 0 Å². The zero-order valence-corrected chi connectivity index (χ0v) is 12.9. The lowest BCUT2D eigenvalue weighted by Gasteiger charge is -2.23. The van der Waals surface area contributed by atoms with E-state index in [1.54, 1.807) is 13.3 Å². The average Bonchev–Trinajstić information content (AvgIpc) is 3.11. The summed E-state index contributed by atoms with van der Waals surface area (Å²) in [6, 6.07) is 2.07. The normalized spacial score (nSPS) is 21.1. The summed E-state index contributed by atoms with van der Waals surface area (Å²) in [5.41, 5.74) is 2.37. The molecule has 114 valence electrons. The maximum atomic E-state index is 9.01. The van der Waals surface area contributed by atoms with Crippen LogP contribution in [0.3, 0.4) is 0 Å². The van der Waals surface area contributed by atoms with E-state index < -0.39 is 0 Å². The molecule has 2 aromatic rings. The number of hydrogen-bond acceptors (Lipinski definition) is 6. The number of aryl methyl sites for hydroxylation is 2. The van der Waals surface area contributed by atoms with Crippen LogP contribution >= 0.6 is 0 Å². The minimum absolute atomic E-state index is 0.0422. The van der Waals surface area contributed by atoms with E-state index in [9.17, 15) is 0 Å². The predicted molar refractivity (Wildman–Crippen MR) is 80.3 cm³/mol. The van der Waals surface area contributed by atoms with Crippen LogP contribution in [0.5, 0.6) is 0 Å². The molecule has 0 spiro atoms. The quantitative estimate of drug-likeness (QED) is 0.926. The fourth-order valence-electron chi connectivity index (χ4n) is 2.76. The van der Waals surface area contributed by atoms with Gasteiger partial charge in [0.05, 0.1) is 30.2 Å². The monoisotopic (exact) mass is 298 g/mol. The molecule has 7 heteroatoms. The van der Waals surface area contributed by atoms with Crippen molar-refractivity contribution in [2.75, 3.05) is 18.6 Å². The van der Waals surface area contributed by atoms with Crippen LogP contribution in [0.15, 0.2) is 12.4 Å². The molecule has 2 aromatic heterocycles. The van der Waals surface area contributed by atoms with Gasteiger partial charge >= 0.3 is 0 Å². The van der Waals surface area contributed by atoms with Crippen LogP contribution in [0.2, 0.25) is 0 Å². The number of ether oxygens (including phenoxy) is 1. The molecule has 1 aliphatic rings. The zero-order chi connectivity index (χ0) is 15.7. The Morgan fingerprint density at radius 3 is 2.82 bits per heavy atom. The number of rotatable bonds is 3. The van der Waals surface area contributed by atoms with Crippen LogP contribution in [-0.2, 0) is 4.74 Å². The first-order valence-electron chi connectivity index (χ1n) is 7.17. The number of hydrogen-bond donors (Lipinski definition) is 1. The Balaban J connectivity index is 1.97. The molecule has 1 N–H and O–H groups in total. The topological polar surface area (TPSA) is 90.7 Å². The highest BCUT2D eigenvalue weighted by atomic mass is 16.5. The van der Waals surface area contributed by atoms with Gasteiger partial charge in [0, 0.05) is 25.8 Å². The molecule has 1 fully saturated rings. The van der Waals surface area contributed by atoms with E-state index >= 15 is 0 Å². The number of H-pyrrole nitrogens is 1. The highest BCUT2D eigenvalue weighted by molar-refractivity contribution is 5.43. The van der Waals surface area contributed by atoms with Crippen LogP contribution in [0.1, 0.15) is 35.4 Å². The van der Waals surface area contributed by atoms with Crippen molar-refractivity contribution in [1.82, 2.24) is 19.9 Å². The number of nitrogens with one attached hydrogen (secondary N) is 1. The Labute approximate surface area is 129 Å². The van der Waals surface area contributed by atoms with Crippen molar-refractivity contribution in [2.24, 2.45) is 0 Å². The second-order valence-electron chi connectivity index (χ2n) is 5.47. The Morgan fingerprint density at radius 1 is 1.36 bits per heavy atom. The zero-order valence-electron chi connectivity index (χ0n) is 12.9. The van der Waals surface area contributed by atoms with Gasteiger partial charge < -0.3 is 14.6 Å². The Morgan fingerprint density at radius 2 is 2.18 bits per heavy atom. The Bertz CT molecular complexity index is 700. The first-order chi connectivity index (χ1) is 10.6. The van der Waals surface area contributed by atoms with Gasteiger partial charge in [-0.05, 0) is 13.8 Å². The molecule has 22 heavy (non-hydrogen) atoms. The Kier molecular flexibility index (Phi) is 3.77. The van der Waals surface area contributed by atoms with E-state index in [-0.39, 0.29) is 12.1 Å². The fourth-order valence-corrected chi connectivity index (χ4v) is 2.76. The average molecular weight is 298 g/mol. The predicted octanol–water partition coefficient (Wildman–Crippen LogP) is 1.65. The number of aromatic nitrogens is 4. The van der Waals surface area contributed by atoms with Gasteiger partial charge in [0.1, 0.15) is 17.7 Å². The van der Waals surface area contributed by atoms with Crippen molar-refractivity contribution < 1.29 is 4.74 Å². The fraction of sp³-hybridized carbons (Fsp3) is 0.467. The minimum Gasteiger partial charge on any atom is -0.380 e. The molecule has 0 bridgehead atoms. The molecule has 0 aromatic carbocycles. The minimum atomic E-state index is 0.0422. The molecule has 2 atom stereocenters. The first kappa shape index (κ1) is 14.5. The maximum Gasteiger partial charge on any atom is 0.161 e. The third-order valence-corrected chi connectivity index (χ3v) is 4.09. The van der Waals surface area contributed by atoms with E-state index in [0.717, 1.165) is 23.6 Å². The highest BCUT2D eigenvalue weighted by Gasteiger charge is 2.36. The molecule has 0 radical (unpaired) electrons. The summed E-state index contributed by atoms with van der Waals surface area (Å²) >= 11 is 0. The molecule has 0 amide bonds. The molecule has 3 rings (SSSR count). The molecule has 1 aliphatic heterocycles. The first-order valence-corrected chi connectivity index (χ1v) is 7.17. The molecule has 1 saturated heterocycles. The van der Waals surface area contributed by atoms with E-state index in [4.69, 9.17) is 10.00 Å². The van der Waals surface area contributed by atoms with Crippen molar-refractivity contribution in [1.29, 1.82) is 5.26 Å². The highest BCUT2D eigenvalue weighted by Crippen LogP contribution is 2.35. The number of imidazole rings is 1. The molecule has 7 nitrogen and oxygen atoms in total. The summed E-state index contributed by atoms with van der Waals surface area (Å²) < 4.78 is 5.51. The molecule has 0 saturated carbocycles. The third-order valence-electron chi connectivity index (χ3n) is 4.09. The van der Waals surface area contributed by atoms with Gasteiger partial charge in [-0.25, -0.2) is 9.97 Å². The van der Waals surface area contributed by atoms with Crippen molar-refractivity contribution in [3.05, 3.63) is 35.3 Å². The van der Waals surface area contributed by atoms with E-state index in [1.165, 1.54) is 6.20 Å². The van der Waals surface area contributed by atoms with Crippen LogP contribution in [0.25, 0.3) is 0 Å². The lowest BCUT2D eigenvalue weighted by atomic mass is 10.2. The SMILES string of the molecule is CO[C@@H]1C[C@@H](c2nc(C)c(C)[nH]2)N(c2cncc(C#N)n2)C1. The maximum absolute atomic E-state index is 9.01. The lowest BCUT2D eigenvalue weighted by molar-refractivity contribution is 0.118.